The zero-order valence-corrected chi connectivity index (χ0v) is 13.1. The van der Waals surface area contributed by atoms with Gasteiger partial charge in [0.25, 0.3) is 0 Å². The molecule has 2 N–H and O–H groups in total. The number of piperidine rings is 1. The molecule has 0 aliphatic carbocycles. The summed E-state index contributed by atoms with van der Waals surface area (Å²) in [7, 11) is 0. The Bertz CT molecular complexity index is 328. The smallest absolute Gasteiger partial charge is 0.407 e. The van der Waals surface area contributed by atoms with Crippen LogP contribution in [-0.4, -0.2) is 54.9 Å². The van der Waals surface area contributed by atoms with Crippen molar-refractivity contribution in [2.45, 2.75) is 64.1 Å². The van der Waals surface area contributed by atoms with E-state index in [1.54, 1.807) is 0 Å². The predicted molar refractivity (Wildman–Crippen MR) is 79.9 cm³/mol. The molecule has 0 aromatic rings. The molecule has 2 saturated heterocycles. The van der Waals surface area contributed by atoms with Gasteiger partial charge in [0.05, 0.1) is 0 Å². The average molecular weight is 283 g/mol. The van der Waals surface area contributed by atoms with E-state index < -0.39 is 5.60 Å². The summed E-state index contributed by atoms with van der Waals surface area (Å²) in [5.74, 6) is 0. The van der Waals surface area contributed by atoms with Crippen molar-refractivity contribution in [2.24, 2.45) is 0 Å². The molecule has 2 heterocycles. The molecule has 5 heteroatoms. The molecular weight excluding hydrogens is 254 g/mol. The van der Waals surface area contributed by atoms with Crippen LogP contribution in [0.1, 0.15) is 46.5 Å². The number of fused-ring (bicyclic) bond motifs is 1. The van der Waals surface area contributed by atoms with Crippen LogP contribution >= 0.6 is 0 Å². The molecule has 2 aliphatic rings. The molecule has 0 aromatic carbocycles. The highest BCUT2D eigenvalue weighted by Crippen LogP contribution is 2.26. The summed E-state index contributed by atoms with van der Waals surface area (Å²) in [5.41, 5.74) is -0.425. The molecule has 0 radical (unpaired) electrons. The maximum atomic E-state index is 11.5. The maximum Gasteiger partial charge on any atom is 0.407 e. The van der Waals surface area contributed by atoms with Crippen LogP contribution in [0.3, 0.4) is 0 Å². The van der Waals surface area contributed by atoms with Gasteiger partial charge in [0, 0.05) is 31.7 Å². The molecule has 2 rings (SSSR count). The second kappa shape index (κ2) is 6.76. The van der Waals surface area contributed by atoms with Crippen LogP contribution in [0.15, 0.2) is 0 Å². The van der Waals surface area contributed by atoms with Gasteiger partial charge in [0.2, 0.25) is 0 Å². The molecule has 1 amide bonds. The molecule has 2 unspecified atom stereocenters. The van der Waals surface area contributed by atoms with E-state index in [4.69, 9.17) is 4.74 Å². The SMILES string of the molecule is CC(C)(C)OC(=O)NCCNC1CCN2CCCCC12. The standard InChI is InChI=1S/C15H29N3O2/c1-15(2,3)20-14(19)17-9-8-16-12-7-11-18-10-5-4-6-13(12)18/h12-13,16H,4-11H2,1-3H3,(H,17,19). The van der Waals surface area contributed by atoms with E-state index in [0.29, 0.717) is 18.6 Å². The number of nitrogens with one attached hydrogen (secondary N) is 2. The first-order chi connectivity index (χ1) is 9.46. The highest BCUT2D eigenvalue weighted by Gasteiger charge is 2.34. The van der Waals surface area contributed by atoms with Gasteiger partial charge in [-0.2, -0.15) is 0 Å². The fourth-order valence-electron chi connectivity index (χ4n) is 3.22. The van der Waals surface area contributed by atoms with Crippen LogP contribution in [0.25, 0.3) is 0 Å². The van der Waals surface area contributed by atoms with Gasteiger partial charge in [-0.1, -0.05) is 6.42 Å². The quantitative estimate of drug-likeness (QED) is 0.772. The number of hydrogen-bond donors (Lipinski definition) is 2. The second-order valence-electron chi connectivity index (χ2n) is 6.88. The molecule has 0 spiro atoms. The highest BCUT2D eigenvalue weighted by molar-refractivity contribution is 5.67. The predicted octanol–water partition coefficient (Wildman–Crippen LogP) is 1.73. The van der Waals surface area contributed by atoms with Gasteiger partial charge in [0.1, 0.15) is 5.60 Å². The van der Waals surface area contributed by atoms with E-state index in [-0.39, 0.29) is 6.09 Å². The van der Waals surface area contributed by atoms with Crippen molar-refractivity contribution in [3.8, 4) is 0 Å². The largest absolute Gasteiger partial charge is 0.444 e. The monoisotopic (exact) mass is 283 g/mol. The van der Waals surface area contributed by atoms with Crippen molar-refractivity contribution in [3.05, 3.63) is 0 Å². The minimum atomic E-state index is -0.425. The lowest BCUT2D eigenvalue weighted by molar-refractivity contribution is 0.0527. The second-order valence-corrected chi connectivity index (χ2v) is 6.88. The third-order valence-electron chi connectivity index (χ3n) is 4.06. The Morgan fingerprint density at radius 3 is 2.75 bits per heavy atom. The first-order valence-corrected chi connectivity index (χ1v) is 7.90. The summed E-state index contributed by atoms with van der Waals surface area (Å²) in [6.45, 7) is 9.55. The molecule has 0 saturated carbocycles. The highest BCUT2D eigenvalue weighted by atomic mass is 16.6. The Kier molecular flexibility index (Phi) is 5.27. The van der Waals surface area contributed by atoms with Crippen LogP contribution in [0.2, 0.25) is 0 Å². The van der Waals surface area contributed by atoms with Crippen molar-refractivity contribution in [2.75, 3.05) is 26.2 Å². The number of ether oxygens (including phenoxy) is 1. The molecule has 0 bridgehead atoms. The number of amides is 1. The number of hydrogen-bond acceptors (Lipinski definition) is 4. The third kappa shape index (κ3) is 4.63. The van der Waals surface area contributed by atoms with E-state index in [2.05, 4.69) is 15.5 Å². The number of carbonyl (C=O) groups excluding carboxylic acids is 1. The first kappa shape index (κ1) is 15.6. The van der Waals surface area contributed by atoms with Gasteiger partial charge in [-0.15, -0.1) is 0 Å². The van der Waals surface area contributed by atoms with E-state index in [1.165, 1.54) is 38.8 Å². The van der Waals surface area contributed by atoms with Gasteiger partial charge in [0.15, 0.2) is 0 Å². The van der Waals surface area contributed by atoms with Gasteiger partial charge in [-0.25, -0.2) is 4.79 Å². The lowest BCUT2D eigenvalue weighted by Crippen LogP contribution is -2.46. The van der Waals surface area contributed by atoms with E-state index >= 15 is 0 Å². The van der Waals surface area contributed by atoms with Crippen molar-refractivity contribution in [1.82, 2.24) is 15.5 Å². The normalized spacial score (nSPS) is 27.1. The molecule has 2 atom stereocenters. The maximum absolute atomic E-state index is 11.5. The fraction of sp³-hybridized carbons (Fsp3) is 0.933. The molecule has 116 valence electrons. The number of alkyl carbamates (subject to hydrolysis) is 1. The van der Waals surface area contributed by atoms with Gasteiger partial charge >= 0.3 is 6.09 Å². The van der Waals surface area contributed by atoms with E-state index in [0.717, 1.165) is 6.54 Å². The van der Waals surface area contributed by atoms with Crippen molar-refractivity contribution in [1.29, 1.82) is 0 Å². The summed E-state index contributed by atoms with van der Waals surface area (Å²) >= 11 is 0. The molecule has 20 heavy (non-hydrogen) atoms. The molecular formula is C15H29N3O2. The molecule has 0 aromatic heterocycles. The fourth-order valence-corrected chi connectivity index (χ4v) is 3.22. The minimum absolute atomic E-state index is 0.329. The average Bonchev–Trinajstić information content (AvgIpc) is 2.76. The van der Waals surface area contributed by atoms with Crippen molar-refractivity contribution >= 4 is 6.09 Å². The Balaban J connectivity index is 1.60. The summed E-state index contributed by atoms with van der Waals surface area (Å²) < 4.78 is 5.21. The Morgan fingerprint density at radius 1 is 1.20 bits per heavy atom. The van der Waals surface area contributed by atoms with Crippen LogP contribution in [0, 0.1) is 0 Å². The molecule has 2 fully saturated rings. The van der Waals surface area contributed by atoms with E-state index in [1.807, 2.05) is 20.8 Å². The lowest BCUT2D eigenvalue weighted by Gasteiger charge is -2.32. The zero-order valence-electron chi connectivity index (χ0n) is 13.1. The number of rotatable bonds is 4. The topological polar surface area (TPSA) is 53.6 Å². The summed E-state index contributed by atoms with van der Waals surface area (Å²) in [4.78, 5) is 14.1. The van der Waals surface area contributed by atoms with Crippen molar-refractivity contribution < 1.29 is 9.53 Å². The lowest BCUT2D eigenvalue weighted by atomic mass is 9.99. The Hall–Kier alpha value is -0.810. The number of nitrogens with zero attached hydrogens (tertiary/aromatic N) is 1. The molecule has 2 aliphatic heterocycles. The van der Waals surface area contributed by atoms with E-state index in [9.17, 15) is 4.79 Å². The Morgan fingerprint density at radius 2 is 2.00 bits per heavy atom. The van der Waals surface area contributed by atoms with Gasteiger partial charge in [-0.05, 0) is 46.6 Å². The number of carbonyl (C=O) groups is 1. The van der Waals surface area contributed by atoms with Crippen LogP contribution in [0.4, 0.5) is 4.79 Å². The summed E-state index contributed by atoms with van der Waals surface area (Å²) in [6, 6.07) is 1.31. The van der Waals surface area contributed by atoms with Gasteiger partial charge in [-0.3, -0.25) is 4.90 Å². The van der Waals surface area contributed by atoms with Crippen molar-refractivity contribution in [3.63, 3.8) is 0 Å². The van der Waals surface area contributed by atoms with Crippen LogP contribution in [0.5, 0.6) is 0 Å². The summed E-state index contributed by atoms with van der Waals surface area (Å²) in [5, 5.41) is 6.38. The third-order valence-corrected chi connectivity index (χ3v) is 4.06. The minimum Gasteiger partial charge on any atom is -0.444 e. The van der Waals surface area contributed by atoms with Gasteiger partial charge < -0.3 is 15.4 Å². The summed E-state index contributed by atoms with van der Waals surface area (Å²) in [6.07, 6.45) is 4.93. The van der Waals surface area contributed by atoms with Crippen LogP contribution in [-0.2, 0) is 4.74 Å². The Labute approximate surface area is 122 Å². The zero-order chi connectivity index (χ0) is 14.6. The van der Waals surface area contributed by atoms with Crippen LogP contribution < -0.4 is 10.6 Å². The molecule has 5 nitrogen and oxygen atoms in total. The first-order valence-electron chi connectivity index (χ1n) is 7.90.